The van der Waals surface area contributed by atoms with Gasteiger partial charge >= 0.3 is 11.9 Å². The van der Waals surface area contributed by atoms with Gasteiger partial charge in [-0.3, -0.25) is 19.7 Å². The predicted molar refractivity (Wildman–Crippen MR) is 250 cm³/mol. The molecule has 2 heterocycles. The molecule has 14 nitrogen and oxygen atoms in total. The van der Waals surface area contributed by atoms with Gasteiger partial charge in [0.25, 0.3) is 5.69 Å². The molecule has 344 valence electrons. The van der Waals surface area contributed by atoms with Crippen molar-refractivity contribution in [2.24, 2.45) is 22.4 Å². The van der Waals surface area contributed by atoms with E-state index in [4.69, 9.17) is 18.3 Å². The van der Waals surface area contributed by atoms with Gasteiger partial charge < -0.3 is 18.3 Å². The molecule has 0 aliphatic carbocycles. The summed E-state index contributed by atoms with van der Waals surface area (Å²) >= 11 is 1.48. The van der Waals surface area contributed by atoms with E-state index in [1.807, 2.05) is 46.1 Å². The first-order chi connectivity index (χ1) is 29.3. The monoisotopic (exact) mass is 913 g/mol. The zero-order chi connectivity index (χ0) is 46.4. The van der Waals surface area contributed by atoms with Crippen molar-refractivity contribution in [1.29, 1.82) is 0 Å². The fourth-order valence-corrected chi connectivity index (χ4v) is 15.3. The highest BCUT2D eigenvalue weighted by molar-refractivity contribution is 7.09. The molecule has 3 rings (SSSR count). The summed E-state index contributed by atoms with van der Waals surface area (Å²) in [5.74, 6) is -1.99. The highest BCUT2D eigenvalue weighted by atomic mass is 32.1. The van der Waals surface area contributed by atoms with Gasteiger partial charge in [0.15, 0.2) is 16.6 Å². The molecule has 1 aliphatic rings. The summed E-state index contributed by atoms with van der Waals surface area (Å²) in [7, 11) is -4.64. The highest BCUT2D eigenvalue weighted by Crippen LogP contribution is 2.40. The molecule has 2 aromatic rings. The molecule has 1 saturated heterocycles. The Morgan fingerprint density at radius 3 is 2.11 bits per heavy atom. The maximum absolute atomic E-state index is 15.2. The van der Waals surface area contributed by atoms with Crippen LogP contribution in [0.2, 0.25) is 36.3 Å². The van der Waals surface area contributed by atoms with E-state index in [9.17, 15) is 25.2 Å². The van der Waals surface area contributed by atoms with Crippen molar-refractivity contribution in [3.8, 4) is 0 Å². The van der Waals surface area contributed by atoms with Gasteiger partial charge in [0.1, 0.15) is 18.0 Å². The molecule has 0 saturated carbocycles. The zero-order valence-electron chi connectivity index (χ0n) is 39.1. The van der Waals surface area contributed by atoms with Gasteiger partial charge in [-0.2, -0.15) is 0 Å². The number of azide groups is 1. The number of ketones is 1. The van der Waals surface area contributed by atoms with Gasteiger partial charge in [0.2, 0.25) is 0 Å². The van der Waals surface area contributed by atoms with Crippen molar-refractivity contribution >= 4 is 57.5 Å². The number of aromatic nitrogens is 1. The van der Waals surface area contributed by atoms with E-state index in [1.54, 1.807) is 0 Å². The third-order valence-corrected chi connectivity index (χ3v) is 23.6. The van der Waals surface area contributed by atoms with E-state index < -0.39 is 75.3 Å². The maximum Gasteiger partial charge on any atom is 0.338 e. The third-order valence-electron chi connectivity index (χ3n) is 13.5. The molecule has 17 heteroatoms. The van der Waals surface area contributed by atoms with Gasteiger partial charge in [-0.1, -0.05) is 74.4 Å². The van der Waals surface area contributed by atoms with Crippen molar-refractivity contribution in [3.63, 3.8) is 0 Å². The number of aryl methyl sites for hydroxylation is 1. The number of rotatable bonds is 16. The lowest BCUT2D eigenvalue weighted by Gasteiger charge is -2.44. The predicted octanol–water partition coefficient (Wildman–Crippen LogP) is 12.2. The van der Waals surface area contributed by atoms with Gasteiger partial charge in [-0.15, -0.1) is 11.3 Å². The number of nitro groups is 1. The number of hydrogen-bond acceptors (Lipinski definition) is 12. The van der Waals surface area contributed by atoms with Gasteiger partial charge in [-0.05, 0) is 105 Å². The number of thiazole rings is 1. The van der Waals surface area contributed by atoms with Crippen LogP contribution in [0.4, 0.5) is 5.69 Å². The molecule has 62 heavy (non-hydrogen) atoms. The second kappa shape index (κ2) is 23.8. The number of non-ortho nitro benzene ring substituents is 1. The minimum absolute atomic E-state index is 0.0264. The largest absolute Gasteiger partial charge is 0.458 e. The topological polar surface area (TPSA) is 193 Å². The van der Waals surface area contributed by atoms with Crippen LogP contribution in [0.15, 0.2) is 40.3 Å². The average molecular weight is 914 g/mol. The molecule has 0 bridgehead atoms. The average Bonchev–Trinajstić information content (AvgIpc) is 3.67. The molecule has 0 amide bonds. The Morgan fingerprint density at radius 2 is 1.60 bits per heavy atom. The van der Waals surface area contributed by atoms with Crippen LogP contribution >= 0.6 is 11.3 Å². The van der Waals surface area contributed by atoms with Crippen LogP contribution in [0.5, 0.6) is 0 Å². The number of benzene rings is 1. The summed E-state index contributed by atoms with van der Waals surface area (Å²) in [5, 5.41) is 18.3. The first kappa shape index (κ1) is 52.6. The fraction of sp³-hybridized carbons (Fsp3) is 0.689. The van der Waals surface area contributed by atoms with Crippen LogP contribution in [0, 0.1) is 34.3 Å². The van der Waals surface area contributed by atoms with Gasteiger partial charge in [0, 0.05) is 40.2 Å². The Balaban J connectivity index is 2.26. The van der Waals surface area contributed by atoms with E-state index in [0.29, 0.717) is 24.1 Å². The summed E-state index contributed by atoms with van der Waals surface area (Å²) in [4.78, 5) is 62.0. The second-order valence-corrected chi connectivity index (χ2v) is 28.1. The number of carbonyl (C=O) groups excluding carboxylic acids is 3. The third kappa shape index (κ3) is 13.6. The molecule has 2 unspecified atom stereocenters. The summed E-state index contributed by atoms with van der Waals surface area (Å²) in [6.45, 7) is 24.4. The second-order valence-electron chi connectivity index (χ2n) is 17.6. The van der Waals surface area contributed by atoms with Crippen molar-refractivity contribution in [2.45, 2.75) is 182 Å². The Labute approximate surface area is 375 Å². The first-order valence-corrected chi connectivity index (χ1v) is 28.4. The molecular weight excluding hydrogens is 843 g/mol. The van der Waals surface area contributed by atoms with Crippen molar-refractivity contribution < 1.29 is 37.6 Å². The summed E-state index contributed by atoms with van der Waals surface area (Å²) in [6.07, 6.45) is -0.136. The van der Waals surface area contributed by atoms with Gasteiger partial charge in [0.05, 0.1) is 45.9 Å². The van der Waals surface area contributed by atoms with E-state index in [2.05, 4.69) is 63.5 Å². The first-order valence-electron chi connectivity index (χ1n) is 22.5. The number of cyclic esters (lactones) is 1. The van der Waals surface area contributed by atoms with Crippen molar-refractivity contribution in [2.75, 3.05) is 0 Å². The number of ether oxygens (including phenoxy) is 2. The Morgan fingerprint density at radius 1 is 1.02 bits per heavy atom. The number of nitro benzene ring substituents is 1. The van der Waals surface area contributed by atoms with Crippen LogP contribution in [0.1, 0.15) is 129 Å². The highest BCUT2D eigenvalue weighted by Gasteiger charge is 2.48. The lowest BCUT2D eigenvalue weighted by atomic mass is 9.73. The van der Waals surface area contributed by atoms with Crippen LogP contribution < -0.4 is 0 Å². The molecular formula is C45H71N5O9SSi2. The number of esters is 2. The molecule has 1 aromatic carbocycles. The standard InChI is InChI=1S/C45H71N5O9SSi2/c1-13-61(14-2,15-3)58-40-28-41(51)56-39(31(8)26-35-29-60-33(10)47-35)27-37(48-49-46)38(57-44(53)34-22-24-36(25-23-34)50(54)55)21-19-20-30(7)42(32(9)43(52)45(40,11)12)59-62(16-4,17-5)18-6/h22-26,29-30,32,37-40,42H,13-21,27-28H2,1-12H3/t30?,32-,37+,38+,39?,40+,42+/m1/s1. The number of carbonyl (C=O) groups is 3. The molecule has 0 radical (unpaired) electrons. The smallest absolute Gasteiger partial charge is 0.338 e. The lowest BCUT2D eigenvalue weighted by molar-refractivity contribution is -0.384. The van der Waals surface area contributed by atoms with Crippen LogP contribution in [-0.2, 0) is 27.9 Å². The fourth-order valence-electron chi connectivity index (χ4n) is 8.72. The minimum Gasteiger partial charge on any atom is -0.458 e. The van der Waals surface area contributed by atoms with E-state index in [-0.39, 0.29) is 42.2 Å². The van der Waals surface area contributed by atoms with Crippen molar-refractivity contribution in [1.82, 2.24) is 4.98 Å². The number of hydrogen-bond donors (Lipinski definition) is 0. The lowest BCUT2D eigenvalue weighted by Crippen LogP contribution is -2.53. The number of Topliss-reactive ketones (excluding diaryl/α,β-unsaturated/α-hetero) is 1. The number of nitrogens with zero attached hydrogens (tertiary/aromatic N) is 5. The normalized spacial score (nSPS) is 24.8. The van der Waals surface area contributed by atoms with Gasteiger partial charge in [-0.25, -0.2) is 9.78 Å². The quantitative estimate of drug-likeness (QED) is 0.0297. The maximum atomic E-state index is 15.2. The molecule has 0 N–H and O–H groups in total. The van der Waals surface area contributed by atoms with Crippen LogP contribution in [0.3, 0.4) is 0 Å². The Hall–Kier alpha value is -3.74. The molecule has 1 fully saturated rings. The summed E-state index contributed by atoms with van der Waals surface area (Å²) < 4.78 is 26.9. The Bertz CT molecular complexity index is 1880. The van der Waals surface area contributed by atoms with Crippen molar-refractivity contribution in [3.05, 3.63) is 72.0 Å². The van der Waals surface area contributed by atoms with E-state index >= 15 is 4.79 Å². The summed E-state index contributed by atoms with van der Waals surface area (Å²) in [6, 6.07) is 9.27. The molecule has 1 aliphatic heterocycles. The minimum atomic E-state index is -2.39. The Kier molecular flexibility index (Phi) is 20.2. The molecule has 0 spiro atoms. The summed E-state index contributed by atoms with van der Waals surface area (Å²) in [5.41, 5.74) is 10.1. The zero-order valence-corrected chi connectivity index (χ0v) is 41.9. The molecule has 7 atom stereocenters. The SMILES string of the molecule is CC[Si](CC)(CC)O[C@H]1CC(=O)OC(C(C)=Cc2csc(C)n2)C[C@H](N=[N+]=[N-])[C@@H](OC(=O)c2ccc([N+](=O)[O-])cc2)CCCC(C)[C@H](O[Si](CC)(CC)CC)[C@@H](C)C(=O)C1(C)C. The van der Waals surface area contributed by atoms with E-state index in [1.165, 1.54) is 35.6 Å². The molecule has 1 aromatic heterocycles. The van der Waals surface area contributed by atoms with E-state index in [0.717, 1.165) is 41.3 Å². The van der Waals surface area contributed by atoms with Crippen LogP contribution in [0.25, 0.3) is 16.5 Å². The van der Waals surface area contributed by atoms with Crippen LogP contribution in [-0.4, -0.2) is 74.7 Å².